The molecule has 0 saturated heterocycles. The summed E-state index contributed by atoms with van der Waals surface area (Å²) >= 11 is 0. The van der Waals surface area contributed by atoms with Crippen molar-refractivity contribution in [3.63, 3.8) is 0 Å². The molecule has 3 heteroatoms. The van der Waals surface area contributed by atoms with Crippen molar-refractivity contribution < 1.29 is 9.22 Å². The van der Waals surface area contributed by atoms with Gasteiger partial charge >= 0.3 is 0 Å². The molecular formula is C23H42O2Si. The van der Waals surface area contributed by atoms with E-state index in [1.807, 2.05) is 6.08 Å². The lowest BCUT2D eigenvalue weighted by molar-refractivity contribution is -0.115. The van der Waals surface area contributed by atoms with E-state index in [0.717, 1.165) is 25.4 Å². The predicted molar refractivity (Wildman–Crippen MR) is 114 cm³/mol. The van der Waals surface area contributed by atoms with Gasteiger partial charge in [0.2, 0.25) is 0 Å². The predicted octanol–water partition coefficient (Wildman–Crippen LogP) is 6.77. The van der Waals surface area contributed by atoms with Crippen LogP contribution in [0.25, 0.3) is 0 Å². The van der Waals surface area contributed by atoms with E-state index in [2.05, 4.69) is 55.4 Å². The summed E-state index contributed by atoms with van der Waals surface area (Å²) in [4.78, 5) is 12.1. The first-order valence-corrected chi connectivity index (χ1v) is 13.1. The van der Waals surface area contributed by atoms with Gasteiger partial charge in [-0.25, -0.2) is 0 Å². The van der Waals surface area contributed by atoms with Crippen molar-refractivity contribution in [3.05, 3.63) is 11.6 Å². The molecule has 0 aromatic carbocycles. The number of ketones is 1. The molecule has 0 aromatic heterocycles. The average Bonchev–Trinajstić information content (AvgIpc) is 2.54. The van der Waals surface area contributed by atoms with Crippen LogP contribution >= 0.6 is 0 Å². The summed E-state index contributed by atoms with van der Waals surface area (Å²) in [7, 11) is -1.81. The monoisotopic (exact) mass is 378 g/mol. The van der Waals surface area contributed by atoms with Crippen LogP contribution in [0, 0.1) is 23.7 Å². The summed E-state index contributed by atoms with van der Waals surface area (Å²) in [6, 6.07) is 0. The van der Waals surface area contributed by atoms with E-state index in [4.69, 9.17) is 4.43 Å². The zero-order valence-electron chi connectivity index (χ0n) is 18.5. The molecule has 2 rings (SSSR count). The Morgan fingerprint density at radius 3 is 2.12 bits per heavy atom. The first-order chi connectivity index (χ1) is 12.1. The number of rotatable bonds is 7. The van der Waals surface area contributed by atoms with E-state index in [-0.39, 0.29) is 0 Å². The van der Waals surface area contributed by atoms with Gasteiger partial charge in [0, 0.05) is 13.0 Å². The molecule has 26 heavy (non-hydrogen) atoms. The molecule has 0 aromatic rings. The fraction of sp³-hybridized carbons (Fsp3) is 0.870. The van der Waals surface area contributed by atoms with Gasteiger partial charge in [0.15, 0.2) is 14.1 Å². The maximum absolute atomic E-state index is 12.1. The van der Waals surface area contributed by atoms with Crippen molar-refractivity contribution >= 4 is 14.1 Å². The second kappa shape index (κ2) is 8.73. The van der Waals surface area contributed by atoms with Crippen LogP contribution in [0.4, 0.5) is 0 Å². The lowest BCUT2D eigenvalue weighted by Crippen LogP contribution is -2.49. The lowest BCUT2D eigenvalue weighted by atomic mass is 9.64. The van der Waals surface area contributed by atoms with Gasteiger partial charge in [-0.15, -0.1) is 0 Å². The minimum absolute atomic E-state index is 0.346. The van der Waals surface area contributed by atoms with E-state index in [1.165, 1.54) is 18.4 Å². The Bertz CT molecular complexity index is 499. The smallest absolute Gasteiger partial charge is 0.200 e. The third-order valence-electron chi connectivity index (χ3n) is 7.50. The quantitative estimate of drug-likeness (QED) is 0.457. The van der Waals surface area contributed by atoms with Gasteiger partial charge in [0.1, 0.15) is 0 Å². The summed E-state index contributed by atoms with van der Waals surface area (Å²) < 4.78 is 6.89. The molecule has 150 valence electrons. The molecule has 2 aliphatic rings. The van der Waals surface area contributed by atoms with Gasteiger partial charge in [-0.05, 0) is 65.6 Å². The van der Waals surface area contributed by atoms with Crippen molar-refractivity contribution in [1.29, 1.82) is 0 Å². The van der Waals surface area contributed by atoms with Gasteiger partial charge in [-0.3, -0.25) is 4.79 Å². The Hall–Kier alpha value is -0.413. The van der Waals surface area contributed by atoms with E-state index in [0.29, 0.717) is 40.2 Å². The second-order valence-electron chi connectivity index (χ2n) is 10.0. The van der Waals surface area contributed by atoms with E-state index in [9.17, 15) is 4.79 Å². The van der Waals surface area contributed by atoms with Crippen molar-refractivity contribution in [2.75, 3.05) is 6.61 Å². The molecule has 0 unspecified atom stereocenters. The normalized spacial score (nSPS) is 28.5. The van der Waals surface area contributed by atoms with Crippen LogP contribution in [0.2, 0.25) is 16.6 Å². The van der Waals surface area contributed by atoms with Gasteiger partial charge in [-0.1, -0.05) is 61.0 Å². The molecular weight excluding hydrogens is 336 g/mol. The Morgan fingerprint density at radius 1 is 1.00 bits per heavy atom. The van der Waals surface area contributed by atoms with Crippen LogP contribution in [0.1, 0.15) is 81.1 Å². The standard InChI is InChI=1S/C23H42O2Si/c1-15(2)26(16(3)4,17(5)6)25-14-19(8)22-11-9-18(7)21-12-10-20(24)13-23(21)22/h13,15-19,21-22H,9-12,14H2,1-8H3/t18-,19+,21+,22+/m0/s1. The van der Waals surface area contributed by atoms with Crippen LogP contribution in [-0.2, 0) is 9.22 Å². The topological polar surface area (TPSA) is 26.3 Å². The highest BCUT2D eigenvalue weighted by Crippen LogP contribution is 2.47. The number of fused-ring (bicyclic) bond motifs is 1. The van der Waals surface area contributed by atoms with E-state index in [1.54, 1.807) is 0 Å². The van der Waals surface area contributed by atoms with Gasteiger partial charge < -0.3 is 4.43 Å². The molecule has 1 fully saturated rings. The van der Waals surface area contributed by atoms with Crippen LogP contribution in [-0.4, -0.2) is 20.7 Å². The Morgan fingerprint density at radius 2 is 1.58 bits per heavy atom. The molecule has 1 saturated carbocycles. The summed E-state index contributed by atoms with van der Waals surface area (Å²) in [5.41, 5.74) is 3.35. The SMILES string of the molecule is CC(C)[Si](OC[C@@H](C)[C@H]1CC[C@H](C)[C@H]2CCC(=O)C=C12)(C(C)C)C(C)C. The van der Waals surface area contributed by atoms with Crippen molar-refractivity contribution in [2.45, 2.75) is 97.7 Å². The lowest BCUT2D eigenvalue weighted by Gasteiger charge is -2.45. The largest absolute Gasteiger partial charge is 0.416 e. The van der Waals surface area contributed by atoms with Gasteiger partial charge in [-0.2, -0.15) is 0 Å². The third kappa shape index (κ3) is 4.19. The zero-order valence-corrected chi connectivity index (χ0v) is 19.5. The molecule has 2 nitrogen and oxygen atoms in total. The summed E-state index contributed by atoms with van der Waals surface area (Å²) in [5, 5.41) is 0. The van der Waals surface area contributed by atoms with E-state index < -0.39 is 8.32 Å². The molecule has 0 heterocycles. The first-order valence-electron chi connectivity index (χ1n) is 11.0. The highest BCUT2D eigenvalue weighted by molar-refractivity contribution is 6.77. The molecule has 0 N–H and O–H groups in total. The highest BCUT2D eigenvalue weighted by atomic mass is 28.4. The number of allylic oxidation sites excluding steroid dienone is 2. The summed E-state index contributed by atoms with van der Waals surface area (Å²) in [6.07, 6.45) is 6.36. The minimum atomic E-state index is -1.81. The number of carbonyl (C=O) groups is 1. The average molecular weight is 379 g/mol. The van der Waals surface area contributed by atoms with Crippen molar-refractivity contribution in [1.82, 2.24) is 0 Å². The molecule has 0 radical (unpaired) electrons. The van der Waals surface area contributed by atoms with Crippen LogP contribution in [0.15, 0.2) is 11.6 Å². The zero-order chi connectivity index (χ0) is 19.6. The number of hydrogen-bond donors (Lipinski definition) is 0. The molecule has 0 amide bonds. The maximum Gasteiger partial charge on any atom is 0.200 e. The van der Waals surface area contributed by atoms with Crippen LogP contribution < -0.4 is 0 Å². The fourth-order valence-corrected chi connectivity index (χ4v) is 11.7. The van der Waals surface area contributed by atoms with Crippen molar-refractivity contribution in [3.8, 4) is 0 Å². The Balaban J connectivity index is 2.15. The number of hydrogen-bond acceptors (Lipinski definition) is 2. The molecule has 0 bridgehead atoms. The Labute approximate surface area is 163 Å². The number of carbonyl (C=O) groups excluding carboxylic acids is 1. The van der Waals surface area contributed by atoms with Gasteiger partial charge in [0.05, 0.1) is 0 Å². The van der Waals surface area contributed by atoms with Crippen LogP contribution in [0.5, 0.6) is 0 Å². The molecule has 4 atom stereocenters. The Kier molecular flexibility index (Phi) is 7.35. The highest BCUT2D eigenvalue weighted by Gasteiger charge is 2.46. The maximum atomic E-state index is 12.1. The summed E-state index contributed by atoms with van der Waals surface area (Å²) in [5.74, 6) is 2.76. The fourth-order valence-electron chi connectivity index (χ4n) is 6.14. The summed E-state index contributed by atoms with van der Waals surface area (Å²) in [6.45, 7) is 19.7. The van der Waals surface area contributed by atoms with Gasteiger partial charge in [0.25, 0.3) is 0 Å². The first kappa shape index (κ1) is 21.9. The third-order valence-corrected chi connectivity index (χ3v) is 13.6. The van der Waals surface area contributed by atoms with Crippen molar-refractivity contribution in [2.24, 2.45) is 23.7 Å². The second-order valence-corrected chi connectivity index (χ2v) is 15.5. The molecule has 0 aliphatic heterocycles. The van der Waals surface area contributed by atoms with E-state index >= 15 is 0 Å². The van der Waals surface area contributed by atoms with Crippen LogP contribution in [0.3, 0.4) is 0 Å². The molecule has 2 aliphatic carbocycles. The molecule has 0 spiro atoms. The minimum Gasteiger partial charge on any atom is -0.416 e.